The second kappa shape index (κ2) is 7.26. The van der Waals surface area contributed by atoms with Crippen LogP contribution in [-0.4, -0.2) is 29.9 Å². The Morgan fingerprint density at radius 2 is 1.83 bits per heavy atom. The molecule has 0 radical (unpaired) electrons. The maximum atomic E-state index is 13.6. The molecule has 0 bridgehead atoms. The summed E-state index contributed by atoms with van der Waals surface area (Å²) in [7, 11) is 1.18. The monoisotopic (exact) mass is 406 g/mol. The quantitative estimate of drug-likeness (QED) is 0.529. The first-order chi connectivity index (χ1) is 14.3. The maximum Gasteiger partial charge on any atom is 0.338 e. The molecule has 4 rings (SSSR count). The van der Waals surface area contributed by atoms with Gasteiger partial charge >= 0.3 is 12.0 Å². The number of carbonyl (C=O) groups is 3. The summed E-state index contributed by atoms with van der Waals surface area (Å²) >= 11 is 0. The number of fused-ring (bicyclic) bond motifs is 1. The molecule has 152 valence electrons. The molecule has 3 aromatic carbocycles. The molecule has 0 unspecified atom stereocenters. The van der Waals surface area contributed by atoms with Gasteiger partial charge in [-0.05, 0) is 41.0 Å². The van der Waals surface area contributed by atoms with Gasteiger partial charge in [-0.1, -0.05) is 48.5 Å². The fraction of sp³-hybridized carbons (Fsp3) is 0.174. The zero-order valence-corrected chi connectivity index (χ0v) is 16.4. The van der Waals surface area contributed by atoms with Crippen LogP contribution in [0.1, 0.15) is 28.4 Å². The van der Waals surface area contributed by atoms with E-state index in [4.69, 9.17) is 4.74 Å². The lowest BCUT2D eigenvalue weighted by molar-refractivity contribution is -0.131. The van der Waals surface area contributed by atoms with E-state index >= 15 is 0 Å². The lowest BCUT2D eigenvalue weighted by Crippen LogP contribution is -2.41. The van der Waals surface area contributed by atoms with Crippen molar-refractivity contribution in [1.82, 2.24) is 10.2 Å². The van der Waals surface area contributed by atoms with E-state index in [2.05, 4.69) is 5.32 Å². The third-order valence-electron chi connectivity index (χ3n) is 5.41. The van der Waals surface area contributed by atoms with Crippen molar-refractivity contribution in [1.29, 1.82) is 0 Å². The van der Waals surface area contributed by atoms with E-state index in [1.165, 1.54) is 19.2 Å². The molecule has 1 aliphatic heterocycles. The van der Waals surface area contributed by atoms with E-state index in [0.717, 1.165) is 21.7 Å². The van der Waals surface area contributed by atoms with Gasteiger partial charge in [0, 0.05) is 0 Å². The Bertz CT molecular complexity index is 1190. The second-order valence-electron chi connectivity index (χ2n) is 7.27. The van der Waals surface area contributed by atoms with Crippen LogP contribution in [0.4, 0.5) is 9.18 Å². The molecule has 1 aliphatic rings. The highest BCUT2D eigenvalue weighted by Crippen LogP contribution is 2.34. The number of urea groups is 1. The van der Waals surface area contributed by atoms with Crippen molar-refractivity contribution in [2.75, 3.05) is 7.11 Å². The Morgan fingerprint density at radius 3 is 2.60 bits per heavy atom. The summed E-state index contributed by atoms with van der Waals surface area (Å²) in [5.41, 5.74) is -0.316. The molecular formula is C23H19FN2O4. The van der Waals surface area contributed by atoms with Crippen molar-refractivity contribution in [2.45, 2.75) is 19.0 Å². The third kappa shape index (κ3) is 3.08. The van der Waals surface area contributed by atoms with Crippen LogP contribution < -0.4 is 5.32 Å². The van der Waals surface area contributed by atoms with Crippen LogP contribution in [0.25, 0.3) is 10.8 Å². The number of hydrogen-bond acceptors (Lipinski definition) is 4. The number of amides is 3. The van der Waals surface area contributed by atoms with Crippen LogP contribution in [0, 0.1) is 5.82 Å². The smallest absolute Gasteiger partial charge is 0.338 e. The lowest BCUT2D eigenvalue weighted by atomic mass is 9.87. The van der Waals surface area contributed by atoms with Gasteiger partial charge in [0.15, 0.2) is 0 Å². The van der Waals surface area contributed by atoms with Gasteiger partial charge in [0.05, 0.1) is 19.2 Å². The molecule has 1 heterocycles. The van der Waals surface area contributed by atoms with Crippen molar-refractivity contribution in [3.63, 3.8) is 0 Å². The Labute approximate surface area is 172 Å². The highest BCUT2D eigenvalue weighted by atomic mass is 19.1. The first-order valence-electron chi connectivity index (χ1n) is 9.34. The normalized spacial score (nSPS) is 18.6. The average Bonchev–Trinajstić information content (AvgIpc) is 2.97. The number of carbonyl (C=O) groups excluding carboxylic acids is 3. The number of hydrogen-bond donors (Lipinski definition) is 1. The van der Waals surface area contributed by atoms with Crippen LogP contribution in [0.15, 0.2) is 60.7 Å². The Morgan fingerprint density at radius 1 is 1.10 bits per heavy atom. The first kappa shape index (κ1) is 19.6. The molecule has 7 heteroatoms. The summed E-state index contributed by atoms with van der Waals surface area (Å²) < 4.78 is 18.3. The molecule has 0 aliphatic carbocycles. The van der Waals surface area contributed by atoms with Crippen LogP contribution in [0.2, 0.25) is 0 Å². The molecule has 1 atom stereocenters. The SMILES string of the molecule is COC(=O)c1cc(F)ccc1CN1C(=O)N[C@](C)(c2cccc3ccccc23)C1=O. The summed E-state index contributed by atoms with van der Waals surface area (Å²) in [5, 5.41) is 4.58. The predicted octanol–water partition coefficient (Wildman–Crippen LogP) is 3.73. The van der Waals surface area contributed by atoms with E-state index in [9.17, 15) is 18.8 Å². The number of rotatable bonds is 4. The van der Waals surface area contributed by atoms with Gasteiger partial charge in [0.2, 0.25) is 0 Å². The average molecular weight is 406 g/mol. The van der Waals surface area contributed by atoms with Gasteiger partial charge in [-0.3, -0.25) is 9.69 Å². The van der Waals surface area contributed by atoms with Gasteiger partial charge in [-0.25, -0.2) is 14.0 Å². The number of esters is 1. The van der Waals surface area contributed by atoms with Crippen molar-refractivity contribution in [3.05, 3.63) is 83.2 Å². The minimum absolute atomic E-state index is 0.0307. The zero-order valence-electron chi connectivity index (χ0n) is 16.4. The van der Waals surface area contributed by atoms with Gasteiger partial charge < -0.3 is 10.1 Å². The van der Waals surface area contributed by atoms with Crippen molar-refractivity contribution < 1.29 is 23.5 Å². The molecule has 6 nitrogen and oxygen atoms in total. The summed E-state index contributed by atoms with van der Waals surface area (Å²) in [6.07, 6.45) is 0. The van der Waals surface area contributed by atoms with Gasteiger partial charge in [-0.15, -0.1) is 0 Å². The molecule has 0 aromatic heterocycles. The number of halogens is 1. The molecule has 0 saturated carbocycles. The molecule has 1 saturated heterocycles. The summed E-state index contributed by atoms with van der Waals surface area (Å²) in [4.78, 5) is 39.1. The number of nitrogens with one attached hydrogen (secondary N) is 1. The molecule has 3 amide bonds. The molecule has 3 aromatic rings. The maximum absolute atomic E-state index is 13.6. The number of methoxy groups -OCH3 is 1. The highest BCUT2D eigenvalue weighted by Gasteiger charge is 2.49. The molecule has 1 fully saturated rings. The fourth-order valence-electron chi connectivity index (χ4n) is 3.84. The highest BCUT2D eigenvalue weighted by molar-refractivity contribution is 6.09. The molecule has 1 N–H and O–H groups in total. The van der Waals surface area contributed by atoms with Crippen molar-refractivity contribution >= 4 is 28.7 Å². The minimum Gasteiger partial charge on any atom is -0.465 e. The van der Waals surface area contributed by atoms with E-state index in [1.54, 1.807) is 6.92 Å². The number of ether oxygens (including phenoxy) is 1. The van der Waals surface area contributed by atoms with Crippen molar-refractivity contribution in [3.8, 4) is 0 Å². The summed E-state index contributed by atoms with van der Waals surface area (Å²) in [5.74, 6) is -1.81. The number of nitrogens with zero attached hydrogens (tertiary/aromatic N) is 1. The minimum atomic E-state index is -1.27. The summed E-state index contributed by atoms with van der Waals surface area (Å²) in [6, 6.07) is 16.2. The Balaban J connectivity index is 1.73. The lowest BCUT2D eigenvalue weighted by Gasteiger charge is -2.24. The standard InChI is InChI=1S/C23H19FN2O4/c1-23(19-9-5-7-14-6-3-4-8-17(14)19)21(28)26(22(29)25-23)13-15-10-11-16(24)12-18(15)20(27)30-2/h3-12H,13H2,1-2H3,(H,25,29)/t23-/m1/s1. The van der Waals surface area contributed by atoms with Crippen LogP contribution >= 0.6 is 0 Å². The molecule has 30 heavy (non-hydrogen) atoms. The Hall–Kier alpha value is -3.74. The second-order valence-corrected chi connectivity index (χ2v) is 7.27. The number of benzene rings is 3. The predicted molar refractivity (Wildman–Crippen MR) is 108 cm³/mol. The van der Waals surface area contributed by atoms with Crippen LogP contribution in [0.5, 0.6) is 0 Å². The van der Waals surface area contributed by atoms with Gasteiger partial charge in [-0.2, -0.15) is 0 Å². The van der Waals surface area contributed by atoms with Gasteiger partial charge in [0.25, 0.3) is 5.91 Å². The summed E-state index contributed by atoms with van der Waals surface area (Å²) in [6.45, 7) is 1.47. The van der Waals surface area contributed by atoms with E-state index < -0.39 is 29.3 Å². The van der Waals surface area contributed by atoms with E-state index in [1.807, 2.05) is 42.5 Å². The Kier molecular flexibility index (Phi) is 4.73. The zero-order chi connectivity index (χ0) is 21.5. The fourth-order valence-corrected chi connectivity index (χ4v) is 3.84. The topological polar surface area (TPSA) is 75.7 Å². The van der Waals surface area contributed by atoms with Gasteiger partial charge in [0.1, 0.15) is 11.4 Å². The first-order valence-corrected chi connectivity index (χ1v) is 9.34. The third-order valence-corrected chi connectivity index (χ3v) is 5.41. The molecular weight excluding hydrogens is 387 g/mol. The largest absolute Gasteiger partial charge is 0.465 e. The molecule has 0 spiro atoms. The van der Waals surface area contributed by atoms with Crippen LogP contribution in [-0.2, 0) is 21.6 Å². The van der Waals surface area contributed by atoms with E-state index in [0.29, 0.717) is 11.1 Å². The van der Waals surface area contributed by atoms with Crippen LogP contribution in [0.3, 0.4) is 0 Å². The number of imide groups is 1. The van der Waals surface area contributed by atoms with Crippen molar-refractivity contribution in [2.24, 2.45) is 0 Å². The van der Waals surface area contributed by atoms with E-state index in [-0.39, 0.29) is 12.1 Å².